The van der Waals surface area contributed by atoms with Gasteiger partial charge in [0.15, 0.2) is 0 Å². The SMILES string of the molecule is CCCCc1ccc(-c2ccc(-c3ccccc3)cc2)c(CCCC)c1CCCC.O=[P+](O)O.O=[P+](O)O. The molecule has 0 radical (unpaired) electrons. The van der Waals surface area contributed by atoms with Crippen LogP contribution in [0.5, 0.6) is 0 Å². The van der Waals surface area contributed by atoms with Crippen LogP contribution in [0.25, 0.3) is 22.3 Å². The van der Waals surface area contributed by atoms with Crippen molar-refractivity contribution in [1.29, 1.82) is 0 Å². The maximum absolute atomic E-state index is 8.70. The van der Waals surface area contributed by atoms with E-state index in [0.29, 0.717) is 0 Å². The molecule has 8 heteroatoms. The van der Waals surface area contributed by atoms with Crippen molar-refractivity contribution in [3.8, 4) is 22.3 Å². The van der Waals surface area contributed by atoms with E-state index in [9.17, 15) is 0 Å². The average Bonchev–Trinajstić information content (AvgIpc) is 2.89. The second-order valence-electron chi connectivity index (χ2n) is 8.99. The smallest absolute Gasteiger partial charge is 0.134 e. The van der Waals surface area contributed by atoms with E-state index < -0.39 is 16.5 Å². The lowest BCUT2D eigenvalue weighted by atomic mass is 9.85. The lowest BCUT2D eigenvalue weighted by Crippen LogP contribution is -2.04. The van der Waals surface area contributed by atoms with Crippen LogP contribution in [0.1, 0.15) is 76.0 Å². The molecular weight excluding hydrogens is 518 g/mol. The maximum Gasteiger partial charge on any atom is 0.692 e. The number of unbranched alkanes of at least 4 members (excludes halogenated alkanes) is 3. The van der Waals surface area contributed by atoms with E-state index in [-0.39, 0.29) is 0 Å². The Bertz CT molecular complexity index is 1080. The van der Waals surface area contributed by atoms with Crippen LogP contribution in [0.4, 0.5) is 0 Å². The number of aryl methyl sites for hydroxylation is 1. The lowest BCUT2D eigenvalue weighted by Gasteiger charge is -2.20. The molecule has 0 aliphatic rings. The fourth-order valence-electron chi connectivity index (χ4n) is 4.39. The Hall–Kier alpha value is -2.30. The van der Waals surface area contributed by atoms with Crippen LogP contribution in [0.2, 0.25) is 0 Å². The van der Waals surface area contributed by atoms with Crippen molar-refractivity contribution in [3.05, 3.63) is 83.4 Å². The molecular formula is C30H42O6P2+2. The molecule has 3 rings (SSSR count). The Morgan fingerprint density at radius 1 is 0.526 bits per heavy atom. The molecule has 0 heterocycles. The highest BCUT2D eigenvalue weighted by Gasteiger charge is 2.14. The summed E-state index contributed by atoms with van der Waals surface area (Å²) in [6.45, 7) is 6.91. The van der Waals surface area contributed by atoms with Crippen LogP contribution in [-0.2, 0) is 28.4 Å². The van der Waals surface area contributed by atoms with Crippen molar-refractivity contribution in [1.82, 2.24) is 0 Å². The van der Waals surface area contributed by atoms with E-state index in [1.165, 1.54) is 80.0 Å². The first-order valence-electron chi connectivity index (χ1n) is 13.2. The van der Waals surface area contributed by atoms with Gasteiger partial charge in [-0.3, -0.25) is 0 Å². The molecule has 0 aliphatic carbocycles. The second-order valence-corrected chi connectivity index (χ2v) is 10.00. The van der Waals surface area contributed by atoms with Gasteiger partial charge in [-0.15, -0.1) is 19.6 Å². The molecule has 0 bridgehead atoms. The third-order valence-corrected chi connectivity index (χ3v) is 6.19. The van der Waals surface area contributed by atoms with Gasteiger partial charge in [-0.2, -0.15) is 0 Å². The molecule has 0 saturated carbocycles. The monoisotopic (exact) mass is 560 g/mol. The number of hydrogen-bond acceptors (Lipinski definition) is 2. The van der Waals surface area contributed by atoms with Gasteiger partial charge in [0.2, 0.25) is 0 Å². The van der Waals surface area contributed by atoms with Crippen LogP contribution in [0, 0.1) is 0 Å². The van der Waals surface area contributed by atoms with Gasteiger partial charge in [0.05, 0.1) is 0 Å². The largest absolute Gasteiger partial charge is 0.692 e. The van der Waals surface area contributed by atoms with E-state index in [4.69, 9.17) is 28.7 Å². The molecule has 3 aromatic rings. The van der Waals surface area contributed by atoms with Crippen LogP contribution >= 0.6 is 16.5 Å². The molecule has 3 aromatic carbocycles. The van der Waals surface area contributed by atoms with Gasteiger partial charge in [0.1, 0.15) is 0 Å². The van der Waals surface area contributed by atoms with E-state index in [1.54, 1.807) is 16.7 Å². The summed E-state index contributed by atoms with van der Waals surface area (Å²) in [5.41, 5.74) is 10.3. The van der Waals surface area contributed by atoms with Crippen LogP contribution in [0.15, 0.2) is 66.7 Å². The molecule has 0 amide bonds. The van der Waals surface area contributed by atoms with Crippen LogP contribution in [0.3, 0.4) is 0 Å². The molecule has 0 unspecified atom stereocenters. The summed E-state index contributed by atoms with van der Waals surface area (Å²) in [5, 5.41) is 0. The number of rotatable bonds is 11. The van der Waals surface area contributed by atoms with E-state index >= 15 is 0 Å². The van der Waals surface area contributed by atoms with Crippen LogP contribution in [-0.4, -0.2) is 19.6 Å². The predicted octanol–water partition coefficient (Wildman–Crippen LogP) is 8.31. The summed E-state index contributed by atoms with van der Waals surface area (Å²) in [7, 11) is -5.74. The first-order chi connectivity index (χ1) is 18.2. The molecule has 0 aromatic heterocycles. The molecule has 0 aliphatic heterocycles. The zero-order chi connectivity index (χ0) is 28.3. The van der Waals surface area contributed by atoms with Gasteiger partial charge in [-0.05, 0) is 77.5 Å². The molecule has 0 fully saturated rings. The lowest BCUT2D eigenvalue weighted by molar-refractivity contribution is 0.403. The topological polar surface area (TPSA) is 115 Å². The summed E-state index contributed by atoms with van der Waals surface area (Å²) in [6, 6.07) is 24.7. The first-order valence-corrected chi connectivity index (χ1v) is 15.6. The summed E-state index contributed by atoms with van der Waals surface area (Å²) in [4.78, 5) is 28.5. The fourth-order valence-corrected chi connectivity index (χ4v) is 4.39. The molecule has 6 nitrogen and oxygen atoms in total. The van der Waals surface area contributed by atoms with Crippen molar-refractivity contribution < 1.29 is 28.7 Å². The molecule has 0 spiro atoms. The fraction of sp³-hybridized carbons (Fsp3) is 0.400. The molecule has 0 atom stereocenters. The zero-order valence-electron chi connectivity index (χ0n) is 22.7. The highest BCUT2D eigenvalue weighted by Crippen LogP contribution is 2.33. The second kappa shape index (κ2) is 19.7. The highest BCUT2D eigenvalue weighted by atomic mass is 31.1. The van der Waals surface area contributed by atoms with Gasteiger partial charge in [0.25, 0.3) is 0 Å². The maximum atomic E-state index is 8.70. The number of hydrogen-bond donors (Lipinski definition) is 4. The van der Waals surface area contributed by atoms with Crippen LogP contribution < -0.4 is 0 Å². The Balaban J connectivity index is 0.000000794. The zero-order valence-corrected chi connectivity index (χ0v) is 24.5. The molecule has 206 valence electrons. The Kier molecular flexibility index (Phi) is 17.5. The minimum atomic E-state index is -2.87. The molecule has 0 saturated heterocycles. The first kappa shape index (κ1) is 33.7. The number of benzene rings is 3. The van der Waals surface area contributed by atoms with Crippen molar-refractivity contribution in [3.63, 3.8) is 0 Å². The van der Waals surface area contributed by atoms with Gasteiger partial charge in [0, 0.05) is 9.13 Å². The van der Waals surface area contributed by atoms with Crippen molar-refractivity contribution in [2.45, 2.75) is 78.6 Å². The molecule has 38 heavy (non-hydrogen) atoms. The Morgan fingerprint density at radius 3 is 1.45 bits per heavy atom. The summed E-state index contributed by atoms with van der Waals surface area (Å²) in [6.07, 6.45) is 11.3. The minimum Gasteiger partial charge on any atom is -0.134 e. The third-order valence-electron chi connectivity index (χ3n) is 6.19. The Morgan fingerprint density at radius 2 is 0.947 bits per heavy atom. The highest BCUT2D eigenvalue weighted by molar-refractivity contribution is 7.31. The van der Waals surface area contributed by atoms with Crippen molar-refractivity contribution >= 4 is 16.5 Å². The summed E-state index contributed by atoms with van der Waals surface area (Å²) < 4.78 is 17.4. The van der Waals surface area contributed by atoms with Gasteiger partial charge in [-0.25, -0.2) is 0 Å². The van der Waals surface area contributed by atoms with E-state index in [1.807, 2.05) is 0 Å². The summed E-state index contributed by atoms with van der Waals surface area (Å²) >= 11 is 0. The van der Waals surface area contributed by atoms with E-state index in [2.05, 4.69) is 87.5 Å². The Labute approximate surface area is 229 Å². The van der Waals surface area contributed by atoms with Gasteiger partial charge >= 0.3 is 16.5 Å². The van der Waals surface area contributed by atoms with E-state index in [0.717, 1.165) is 0 Å². The van der Waals surface area contributed by atoms with Gasteiger partial charge < -0.3 is 0 Å². The standard InChI is InChI=1S/C30H38.2HO3P/c1-4-7-13-26-22-23-29(30(17-9-6-3)28(26)16-8-5-2)27-20-18-25(19-21-27)24-14-11-10-12-15-24;2*1-4(2)3/h10-12,14-15,18-23H,4-9,13,16-17H2,1-3H3;2*(H-,1,2,3)/p+2. The third kappa shape index (κ3) is 13.0. The van der Waals surface area contributed by atoms with Crippen molar-refractivity contribution in [2.75, 3.05) is 0 Å². The predicted molar refractivity (Wildman–Crippen MR) is 157 cm³/mol. The minimum absolute atomic E-state index is 1.20. The normalized spacial score (nSPS) is 10.1. The average molecular weight is 561 g/mol. The van der Waals surface area contributed by atoms with Crippen molar-refractivity contribution in [2.24, 2.45) is 0 Å². The van der Waals surface area contributed by atoms with Gasteiger partial charge in [-0.1, -0.05) is 107 Å². The summed E-state index contributed by atoms with van der Waals surface area (Å²) in [5.74, 6) is 0. The quantitative estimate of drug-likeness (QED) is 0.175. The molecule has 4 N–H and O–H groups in total.